The molecule has 0 aliphatic heterocycles. The van der Waals surface area contributed by atoms with Gasteiger partial charge in [0.05, 0.1) is 11.1 Å². The van der Waals surface area contributed by atoms with Crippen LogP contribution in [0.15, 0.2) is 34.3 Å². The highest BCUT2D eigenvalue weighted by atomic mass is 32.2. The number of hydrogen-bond acceptors (Lipinski definition) is 5. The fourth-order valence-corrected chi connectivity index (χ4v) is 5.05. The van der Waals surface area contributed by atoms with Crippen LogP contribution >= 0.6 is 23.1 Å². The minimum atomic E-state index is 0.0907. The summed E-state index contributed by atoms with van der Waals surface area (Å²) in [6.07, 6.45) is 5.06. The Morgan fingerprint density at radius 1 is 1.36 bits per heavy atom. The first-order valence-electron chi connectivity index (χ1n) is 7.28. The van der Waals surface area contributed by atoms with Crippen molar-refractivity contribution < 1.29 is 0 Å². The summed E-state index contributed by atoms with van der Waals surface area (Å²) in [5, 5.41) is 1.62. The SMILES string of the molecule is Cn1c(SCc2ccccn2)nc2sc3c(c2c1=O)CCC3. The van der Waals surface area contributed by atoms with Crippen LogP contribution in [0.2, 0.25) is 0 Å². The Morgan fingerprint density at radius 2 is 2.27 bits per heavy atom. The van der Waals surface area contributed by atoms with Crippen molar-refractivity contribution in [3.05, 3.63) is 50.9 Å². The standard InChI is InChI=1S/C16H15N3OS2/c1-19-15(20)13-11-6-4-7-12(11)22-14(13)18-16(19)21-9-10-5-2-3-8-17-10/h2-3,5,8H,4,6-7,9H2,1H3. The highest BCUT2D eigenvalue weighted by Crippen LogP contribution is 2.35. The van der Waals surface area contributed by atoms with Crippen molar-refractivity contribution in [1.82, 2.24) is 14.5 Å². The smallest absolute Gasteiger partial charge is 0.262 e. The Bertz CT molecular complexity index is 899. The van der Waals surface area contributed by atoms with Gasteiger partial charge in [0.2, 0.25) is 0 Å². The molecule has 112 valence electrons. The molecule has 1 aliphatic carbocycles. The number of aromatic nitrogens is 3. The number of hydrogen-bond donors (Lipinski definition) is 0. The lowest BCUT2D eigenvalue weighted by atomic mass is 10.2. The Kier molecular flexibility index (Phi) is 3.50. The number of nitrogens with zero attached hydrogens (tertiary/aromatic N) is 3. The number of aryl methyl sites for hydroxylation is 2. The molecule has 3 heterocycles. The van der Waals surface area contributed by atoms with Crippen molar-refractivity contribution in [3.63, 3.8) is 0 Å². The van der Waals surface area contributed by atoms with E-state index < -0.39 is 0 Å². The van der Waals surface area contributed by atoms with Crippen LogP contribution < -0.4 is 5.56 Å². The Morgan fingerprint density at radius 3 is 3.09 bits per heavy atom. The van der Waals surface area contributed by atoms with Gasteiger partial charge in [-0.05, 0) is 37.0 Å². The van der Waals surface area contributed by atoms with Crippen LogP contribution in [0.1, 0.15) is 22.6 Å². The molecule has 3 aromatic heterocycles. The lowest BCUT2D eigenvalue weighted by Gasteiger charge is -2.07. The van der Waals surface area contributed by atoms with E-state index in [1.54, 1.807) is 33.9 Å². The van der Waals surface area contributed by atoms with E-state index in [4.69, 9.17) is 4.98 Å². The van der Waals surface area contributed by atoms with Gasteiger partial charge >= 0.3 is 0 Å². The molecular weight excluding hydrogens is 314 g/mol. The van der Waals surface area contributed by atoms with Gasteiger partial charge in [-0.1, -0.05) is 17.8 Å². The Balaban J connectivity index is 1.73. The predicted octanol–water partition coefficient (Wildman–Crippen LogP) is 3.17. The van der Waals surface area contributed by atoms with Gasteiger partial charge in [0.15, 0.2) is 5.16 Å². The average molecular weight is 329 g/mol. The summed E-state index contributed by atoms with van der Waals surface area (Å²) in [4.78, 5) is 24.0. The second kappa shape index (κ2) is 5.52. The first kappa shape index (κ1) is 14.0. The van der Waals surface area contributed by atoms with Crippen molar-refractivity contribution in [2.45, 2.75) is 30.2 Å². The van der Waals surface area contributed by atoms with Crippen molar-refractivity contribution in [3.8, 4) is 0 Å². The van der Waals surface area contributed by atoms with Gasteiger partial charge in [-0.2, -0.15) is 0 Å². The molecule has 0 saturated heterocycles. The largest absolute Gasteiger partial charge is 0.290 e. The van der Waals surface area contributed by atoms with Gasteiger partial charge in [0.1, 0.15) is 4.83 Å². The number of pyridine rings is 1. The monoisotopic (exact) mass is 329 g/mol. The van der Waals surface area contributed by atoms with Crippen molar-refractivity contribution in [2.24, 2.45) is 7.05 Å². The van der Waals surface area contributed by atoms with Gasteiger partial charge in [-0.15, -0.1) is 11.3 Å². The summed E-state index contributed by atoms with van der Waals surface area (Å²) < 4.78 is 1.68. The van der Waals surface area contributed by atoms with Crippen LogP contribution in [0, 0.1) is 0 Å². The van der Waals surface area contributed by atoms with Crippen LogP contribution in [0.25, 0.3) is 10.2 Å². The van der Waals surface area contributed by atoms with Crippen LogP contribution in [0.3, 0.4) is 0 Å². The van der Waals surface area contributed by atoms with E-state index in [9.17, 15) is 4.79 Å². The molecule has 0 fully saturated rings. The van der Waals surface area contributed by atoms with Crippen LogP contribution in [0.5, 0.6) is 0 Å². The van der Waals surface area contributed by atoms with Gasteiger partial charge < -0.3 is 0 Å². The Hall–Kier alpha value is -1.66. The molecule has 1 aliphatic rings. The lowest BCUT2D eigenvalue weighted by molar-refractivity contribution is 0.726. The van der Waals surface area contributed by atoms with Gasteiger partial charge in [-0.25, -0.2) is 4.98 Å². The van der Waals surface area contributed by atoms with E-state index in [0.29, 0.717) is 0 Å². The van der Waals surface area contributed by atoms with Crippen LogP contribution in [-0.4, -0.2) is 14.5 Å². The molecule has 0 unspecified atom stereocenters. The maximum Gasteiger partial charge on any atom is 0.262 e. The Labute approximate surface area is 136 Å². The molecule has 0 radical (unpaired) electrons. The molecule has 6 heteroatoms. The highest BCUT2D eigenvalue weighted by molar-refractivity contribution is 7.98. The predicted molar refractivity (Wildman–Crippen MR) is 90.7 cm³/mol. The quantitative estimate of drug-likeness (QED) is 0.547. The molecule has 0 saturated carbocycles. The minimum Gasteiger partial charge on any atom is -0.290 e. The van der Waals surface area contributed by atoms with Crippen molar-refractivity contribution in [1.29, 1.82) is 0 Å². The zero-order valence-electron chi connectivity index (χ0n) is 12.2. The molecule has 0 aromatic carbocycles. The van der Waals surface area contributed by atoms with Crippen molar-refractivity contribution >= 4 is 33.3 Å². The zero-order chi connectivity index (χ0) is 15.1. The van der Waals surface area contributed by atoms with E-state index >= 15 is 0 Å². The number of thioether (sulfide) groups is 1. The van der Waals surface area contributed by atoms with Gasteiger partial charge in [-0.3, -0.25) is 14.3 Å². The van der Waals surface area contributed by atoms with E-state index in [1.807, 2.05) is 25.2 Å². The summed E-state index contributed by atoms with van der Waals surface area (Å²) in [6, 6.07) is 5.87. The molecule has 4 nitrogen and oxygen atoms in total. The third-order valence-corrected chi connectivity index (χ3v) is 6.23. The van der Waals surface area contributed by atoms with Crippen LogP contribution in [-0.2, 0) is 25.6 Å². The van der Waals surface area contributed by atoms with E-state index in [-0.39, 0.29) is 5.56 Å². The summed E-state index contributed by atoms with van der Waals surface area (Å²) in [6.45, 7) is 0. The number of fused-ring (bicyclic) bond motifs is 3. The maximum absolute atomic E-state index is 12.7. The fourth-order valence-electron chi connectivity index (χ4n) is 2.86. The summed E-state index contributed by atoms with van der Waals surface area (Å²) >= 11 is 3.26. The van der Waals surface area contributed by atoms with E-state index in [1.165, 1.54) is 10.4 Å². The third-order valence-electron chi connectivity index (χ3n) is 3.98. The van der Waals surface area contributed by atoms with E-state index in [0.717, 1.165) is 46.1 Å². The fraction of sp³-hybridized carbons (Fsp3) is 0.312. The molecule has 0 bridgehead atoms. The second-order valence-corrected chi connectivity index (χ2v) is 7.43. The first-order valence-corrected chi connectivity index (χ1v) is 9.08. The number of rotatable bonds is 3. The van der Waals surface area contributed by atoms with Gasteiger partial charge in [0, 0.05) is 23.9 Å². The average Bonchev–Trinajstić information content (AvgIpc) is 3.11. The molecule has 3 aromatic rings. The summed E-state index contributed by atoms with van der Waals surface area (Å²) in [5.74, 6) is 0.720. The molecule has 0 amide bonds. The normalized spacial score (nSPS) is 13.7. The summed E-state index contributed by atoms with van der Waals surface area (Å²) in [7, 11) is 1.81. The van der Waals surface area contributed by atoms with Gasteiger partial charge in [0.25, 0.3) is 5.56 Å². The molecule has 0 spiro atoms. The molecule has 0 atom stereocenters. The van der Waals surface area contributed by atoms with Crippen molar-refractivity contribution in [2.75, 3.05) is 0 Å². The molecular formula is C16H15N3OS2. The molecule has 22 heavy (non-hydrogen) atoms. The topological polar surface area (TPSA) is 47.8 Å². The van der Waals surface area contributed by atoms with E-state index in [2.05, 4.69) is 4.98 Å². The first-order chi connectivity index (χ1) is 10.7. The second-order valence-electron chi connectivity index (χ2n) is 5.41. The third kappa shape index (κ3) is 2.27. The zero-order valence-corrected chi connectivity index (χ0v) is 13.8. The molecule has 4 rings (SSSR count). The summed E-state index contributed by atoms with van der Waals surface area (Å²) in [5.41, 5.74) is 2.33. The molecule has 0 N–H and O–H groups in total. The maximum atomic E-state index is 12.7. The minimum absolute atomic E-state index is 0.0907. The lowest BCUT2D eigenvalue weighted by Crippen LogP contribution is -2.20. The van der Waals surface area contributed by atoms with Crippen LogP contribution in [0.4, 0.5) is 0 Å². The number of thiophene rings is 1. The highest BCUT2D eigenvalue weighted by Gasteiger charge is 2.22.